The number of hydrogen-bond acceptors (Lipinski definition) is 2. The first-order valence-electron chi connectivity index (χ1n) is 6.30. The molecule has 1 aromatic rings. The van der Waals surface area contributed by atoms with E-state index in [4.69, 9.17) is 4.74 Å². The minimum absolute atomic E-state index is 0.123. The average molecular weight is 359 g/mol. The zero-order chi connectivity index (χ0) is 13.1. The Morgan fingerprint density at radius 1 is 1.50 bits per heavy atom. The highest BCUT2D eigenvalue weighted by atomic mass is 127. The fraction of sp³-hybridized carbons (Fsp3) is 0.500. The van der Waals surface area contributed by atoms with Gasteiger partial charge in [-0.15, -0.1) is 0 Å². The molecule has 1 heterocycles. The Labute approximate surface area is 122 Å². The van der Waals surface area contributed by atoms with E-state index >= 15 is 0 Å². The fourth-order valence-electron chi connectivity index (χ4n) is 2.22. The largest absolute Gasteiger partial charge is 0.375 e. The van der Waals surface area contributed by atoms with Gasteiger partial charge in [0.2, 0.25) is 0 Å². The number of halogens is 1. The Kier molecular flexibility index (Phi) is 4.61. The summed E-state index contributed by atoms with van der Waals surface area (Å²) in [6.45, 7) is 5.44. The number of carbonyl (C=O) groups is 1. The maximum absolute atomic E-state index is 12.6. The summed E-state index contributed by atoms with van der Waals surface area (Å²) in [6.07, 6.45) is 1.06. The second-order valence-corrected chi connectivity index (χ2v) is 5.81. The molecule has 1 amide bonds. The quantitative estimate of drug-likeness (QED) is 0.760. The molecule has 1 aromatic carbocycles. The van der Waals surface area contributed by atoms with Crippen LogP contribution in [-0.2, 0) is 4.74 Å². The highest BCUT2D eigenvalue weighted by molar-refractivity contribution is 14.1. The molecular formula is C14H18INO2. The van der Waals surface area contributed by atoms with Crippen LogP contribution in [0.1, 0.15) is 30.6 Å². The molecule has 0 N–H and O–H groups in total. The van der Waals surface area contributed by atoms with Crippen LogP contribution in [0.2, 0.25) is 0 Å². The van der Waals surface area contributed by atoms with Gasteiger partial charge in [-0.25, -0.2) is 0 Å². The number of amides is 1. The van der Waals surface area contributed by atoms with Crippen LogP contribution in [0.3, 0.4) is 0 Å². The summed E-state index contributed by atoms with van der Waals surface area (Å²) < 4.78 is 6.64. The number of hydrogen-bond donors (Lipinski definition) is 0. The molecular weight excluding hydrogens is 341 g/mol. The van der Waals surface area contributed by atoms with Crippen LogP contribution in [0.15, 0.2) is 24.3 Å². The topological polar surface area (TPSA) is 29.5 Å². The highest BCUT2D eigenvalue weighted by Crippen LogP contribution is 2.20. The second kappa shape index (κ2) is 6.02. The van der Waals surface area contributed by atoms with Gasteiger partial charge in [0.05, 0.1) is 24.3 Å². The van der Waals surface area contributed by atoms with Crippen molar-refractivity contribution in [2.24, 2.45) is 0 Å². The zero-order valence-electron chi connectivity index (χ0n) is 10.7. The molecule has 2 atom stereocenters. The summed E-state index contributed by atoms with van der Waals surface area (Å²) in [5, 5.41) is 0. The third-order valence-corrected chi connectivity index (χ3v) is 4.24. The standard InChI is InChI=1S/C14H18INO2/c1-3-11-9-18-10(2)8-16(11)14(17)12-6-4-5-7-13(12)15/h4-7,10-11H,3,8-9H2,1-2H3. The first-order chi connectivity index (χ1) is 8.63. The SMILES string of the molecule is CCC1COC(C)CN1C(=O)c1ccccc1I. The molecule has 0 aromatic heterocycles. The monoisotopic (exact) mass is 359 g/mol. The summed E-state index contributed by atoms with van der Waals surface area (Å²) in [5.74, 6) is 0.127. The van der Waals surface area contributed by atoms with E-state index in [1.54, 1.807) is 0 Å². The maximum Gasteiger partial charge on any atom is 0.255 e. The first-order valence-corrected chi connectivity index (χ1v) is 7.38. The molecule has 0 spiro atoms. The first kappa shape index (κ1) is 13.8. The van der Waals surface area contributed by atoms with Crippen molar-refractivity contribution in [2.45, 2.75) is 32.4 Å². The van der Waals surface area contributed by atoms with E-state index in [9.17, 15) is 4.79 Å². The molecule has 3 nitrogen and oxygen atoms in total. The fourth-order valence-corrected chi connectivity index (χ4v) is 2.84. The molecule has 0 radical (unpaired) electrons. The number of carbonyl (C=O) groups excluding carboxylic acids is 1. The Balaban J connectivity index is 2.23. The smallest absolute Gasteiger partial charge is 0.255 e. The Morgan fingerprint density at radius 3 is 2.89 bits per heavy atom. The summed E-state index contributed by atoms with van der Waals surface area (Å²) in [6, 6.07) is 7.94. The van der Waals surface area contributed by atoms with Gasteiger partial charge in [-0.1, -0.05) is 19.1 Å². The average Bonchev–Trinajstić information content (AvgIpc) is 2.38. The van der Waals surface area contributed by atoms with Gasteiger partial charge in [-0.3, -0.25) is 4.79 Å². The zero-order valence-corrected chi connectivity index (χ0v) is 12.9. The number of ether oxygens (including phenoxy) is 1. The Morgan fingerprint density at radius 2 is 2.22 bits per heavy atom. The number of benzene rings is 1. The van der Waals surface area contributed by atoms with Crippen molar-refractivity contribution in [1.29, 1.82) is 0 Å². The molecule has 1 fully saturated rings. The van der Waals surface area contributed by atoms with Crippen molar-refractivity contribution < 1.29 is 9.53 Å². The second-order valence-electron chi connectivity index (χ2n) is 4.64. The molecule has 1 saturated heterocycles. The van der Waals surface area contributed by atoms with E-state index < -0.39 is 0 Å². The third-order valence-electron chi connectivity index (χ3n) is 3.30. The predicted molar refractivity (Wildman–Crippen MR) is 79.7 cm³/mol. The van der Waals surface area contributed by atoms with Crippen LogP contribution in [0.4, 0.5) is 0 Å². The molecule has 2 unspecified atom stereocenters. The lowest BCUT2D eigenvalue weighted by Crippen LogP contribution is -2.51. The van der Waals surface area contributed by atoms with Crippen LogP contribution in [0, 0.1) is 3.57 Å². The van der Waals surface area contributed by atoms with Crippen molar-refractivity contribution in [2.75, 3.05) is 13.2 Å². The summed E-state index contributed by atoms with van der Waals surface area (Å²) >= 11 is 2.22. The van der Waals surface area contributed by atoms with Crippen LogP contribution in [0.5, 0.6) is 0 Å². The minimum atomic E-state index is 0.123. The van der Waals surface area contributed by atoms with Crippen molar-refractivity contribution in [3.8, 4) is 0 Å². The molecule has 1 aliphatic heterocycles. The molecule has 0 aliphatic carbocycles. The molecule has 98 valence electrons. The Hall–Kier alpha value is -0.620. The van der Waals surface area contributed by atoms with Gasteiger partial charge in [-0.05, 0) is 48.1 Å². The minimum Gasteiger partial charge on any atom is -0.375 e. The normalized spacial score (nSPS) is 24.1. The van der Waals surface area contributed by atoms with E-state index in [-0.39, 0.29) is 18.1 Å². The van der Waals surface area contributed by atoms with E-state index in [0.29, 0.717) is 13.2 Å². The molecule has 0 bridgehead atoms. The van der Waals surface area contributed by atoms with Crippen LogP contribution in [0.25, 0.3) is 0 Å². The number of morpholine rings is 1. The van der Waals surface area contributed by atoms with Gasteiger partial charge in [0.25, 0.3) is 5.91 Å². The number of rotatable bonds is 2. The molecule has 2 rings (SSSR count). The third kappa shape index (κ3) is 2.85. The number of nitrogens with zero attached hydrogens (tertiary/aromatic N) is 1. The van der Waals surface area contributed by atoms with Crippen LogP contribution in [-0.4, -0.2) is 36.1 Å². The van der Waals surface area contributed by atoms with Gasteiger partial charge in [0.15, 0.2) is 0 Å². The van der Waals surface area contributed by atoms with E-state index in [1.807, 2.05) is 36.1 Å². The van der Waals surface area contributed by atoms with Crippen molar-refractivity contribution in [3.05, 3.63) is 33.4 Å². The molecule has 0 saturated carbocycles. The molecule has 1 aliphatic rings. The summed E-state index contributed by atoms with van der Waals surface area (Å²) in [4.78, 5) is 14.6. The lowest BCUT2D eigenvalue weighted by atomic mass is 10.1. The highest BCUT2D eigenvalue weighted by Gasteiger charge is 2.30. The maximum atomic E-state index is 12.6. The van der Waals surface area contributed by atoms with Gasteiger partial charge in [-0.2, -0.15) is 0 Å². The summed E-state index contributed by atoms with van der Waals surface area (Å²) in [5.41, 5.74) is 0.797. The Bertz CT molecular complexity index is 436. The molecule has 4 heteroatoms. The van der Waals surface area contributed by atoms with Gasteiger partial charge >= 0.3 is 0 Å². The van der Waals surface area contributed by atoms with Crippen molar-refractivity contribution in [3.63, 3.8) is 0 Å². The van der Waals surface area contributed by atoms with Crippen LogP contribution >= 0.6 is 22.6 Å². The van der Waals surface area contributed by atoms with E-state index in [0.717, 1.165) is 15.6 Å². The van der Waals surface area contributed by atoms with Gasteiger partial charge in [0.1, 0.15) is 0 Å². The van der Waals surface area contributed by atoms with Gasteiger partial charge in [0, 0.05) is 10.1 Å². The molecule has 18 heavy (non-hydrogen) atoms. The summed E-state index contributed by atoms with van der Waals surface area (Å²) in [7, 11) is 0. The van der Waals surface area contributed by atoms with E-state index in [2.05, 4.69) is 29.5 Å². The lowest BCUT2D eigenvalue weighted by molar-refractivity contribution is -0.0444. The van der Waals surface area contributed by atoms with Gasteiger partial charge < -0.3 is 9.64 Å². The lowest BCUT2D eigenvalue weighted by Gasteiger charge is -2.38. The predicted octanol–water partition coefficient (Wildman–Crippen LogP) is 2.93. The van der Waals surface area contributed by atoms with Crippen molar-refractivity contribution >= 4 is 28.5 Å². The van der Waals surface area contributed by atoms with Crippen molar-refractivity contribution in [1.82, 2.24) is 4.90 Å². The van der Waals surface area contributed by atoms with Crippen LogP contribution < -0.4 is 0 Å². The van der Waals surface area contributed by atoms with E-state index in [1.165, 1.54) is 0 Å².